The van der Waals surface area contributed by atoms with Gasteiger partial charge in [0.25, 0.3) is 0 Å². The van der Waals surface area contributed by atoms with Crippen LogP contribution >= 0.6 is 23.2 Å². The van der Waals surface area contributed by atoms with Crippen LogP contribution in [-0.2, 0) is 0 Å². The fourth-order valence-electron chi connectivity index (χ4n) is 2.73. The second-order valence-electron chi connectivity index (χ2n) is 5.43. The maximum absolute atomic E-state index is 6.27. The average Bonchev–Trinajstić information content (AvgIpc) is 2.62. The van der Waals surface area contributed by atoms with Crippen molar-refractivity contribution in [3.63, 3.8) is 0 Å². The molecule has 0 aliphatic rings. The SMILES string of the molecule is Clc1ccc(-c2nc3ccnc(Cl)c3cc2-c2ccccc2)cc1. The molecule has 4 rings (SSSR count). The zero-order valence-corrected chi connectivity index (χ0v) is 14.1. The van der Waals surface area contributed by atoms with Crippen molar-refractivity contribution in [2.45, 2.75) is 0 Å². The van der Waals surface area contributed by atoms with Crippen LogP contribution < -0.4 is 0 Å². The zero-order valence-electron chi connectivity index (χ0n) is 12.6. The summed E-state index contributed by atoms with van der Waals surface area (Å²) in [5.41, 5.74) is 4.82. The standard InChI is InChI=1S/C20H12Cl2N2/c21-15-8-6-14(7-9-15)19-16(13-4-2-1-3-5-13)12-17-18(24-19)10-11-23-20(17)22/h1-12H. The highest BCUT2D eigenvalue weighted by atomic mass is 35.5. The molecule has 0 N–H and O–H groups in total. The van der Waals surface area contributed by atoms with Gasteiger partial charge in [0.05, 0.1) is 11.2 Å². The predicted molar refractivity (Wildman–Crippen MR) is 100 cm³/mol. The summed E-state index contributed by atoms with van der Waals surface area (Å²) in [5, 5.41) is 2.00. The maximum atomic E-state index is 6.27. The molecule has 0 saturated heterocycles. The van der Waals surface area contributed by atoms with Gasteiger partial charge in [-0.25, -0.2) is 9.97 Å². The van der Waals surface area contributed by atoms with E-state index in [-0.39, 0.29) is 0 Å². The van der Waals surface area contributed by atoms with Crippen LogP contribution in [0.25, 0.3) is 33.3 Å². The Kier molecular flexibility index (Phi) is 3.93. The molecule has 2 nitrogen and oxygen atoms in total. The number of benzene rings is 2. The van der Waals surface area contributed by atoms with Gasteiger partial charge in [-0.15, -0.1) is 0 Å². The van der Waals surface area contributed by atoms with Gasteiger partial charge in [-0.05, 0) is 29.8 Å². The summed E-state index contributed by atoms with van der Waals surface area (Å²) in [4.78, 5) is 9.01. The molecule has 4 heteroatoms. The van der Waals surface area contributed by atoms with Crippen molar-refractivity contribution in [2.24, 2.45) is 0 Å². The highest BCUT2D eigenvalue weighted by molar-refractivity contribution is 6.34. The lowest BCUT2D eigenvalue weighted by atomic mass is 9.98. The van der Waals surface area contributed by atoms with E-state index in [1.807, 2.05) is 48.5 Å². The van der Waals surface area contributed by atoms with Crippen LogP contribution in [0.15, 0.2) is 72.9 Å². The minimum Gasteiger partial charge on any atom is -0.247 e. The Morgan fingerprint density at radius 1 is 0.750 bits per heavy atom. The smallest absolute Gasteiger partial charge is 0.138 e. The Bertz CT molecular complexity index is 1010. The zero-order chi connectivity index (χ0) is 16.5. The van der Waals surface area contributed by atoms with Crippen molar-refractivity contribution in [1.29, 1.82) is 0 Å². The number of aromatic nitrogens is 2. The van der Waals surface area contributed by atoms with E-state index in [0.717, 1.165) is 33.3 Å². The number of halogens is 2. The van der Waals surface area contributed by atoms with Crippen LogP contribution in [0.1, 0.15) is 0 Å². The number of rotatable bonds is 2. The summed E-state index contributed by atoms with van der Waals surface area (Å²) >= 11 is 12.3. The van der Waals surface area contributed by atoms with Crippen molar-refractivity contribution in [3.8, 4) is 22.4 Å². The lowest BCUT2D eigenvalue weighted by molar-refractivity contribution is 1.32. The van der Waals surface area contributed by atoms with E-state index in [1.54, 1.807) is 6.20 Å². The van der Waals surface area contributed by atoms with Gasteiger partial charge in [0.15, 0.2) is 0 Å². The normalized spacial score (nSPS) is 10.9. The fraction of sp³-hybridized carbons (Fsp3) is 0. The largest absolute Gasteiger partial charge is 0.247 e. The van der Waals surface area contributed by atoms with Crippen LogP contribution in [0.2, 0.25) is 10.2 Å². The monoisotopic (exact) mass is 350 g/mol. The molecule has 24 heavy (non-hydrogen) atoms. The Morgan fingerprint density at radius 2 is 1.50 bits per heavy atom. The Morgan fingerprint density at radius 3 is 2.25 bits per heavy atom. The van der Waals surface area contributed by atoms with Gasteiger partial charge in [-0.3, -0.25) is 0 Å². The molecule has 0 aliphatic carbocycles. The Labute approximate surface area is 149 Å². The number of fused-ring (bicyclic) bond motifs is 1. The first-order chi connectivity index (χ1) is 11.7. The van der Waals surface area contributed by atoms with Crippen molar-refractivity contribution in [3.05, 3.63) is 83.1 Å². The molecule has 0 bridgehead atoms. The van der Waals surface area contributed by atoms with E-state index in [4.69, 9.17) is 28.2 Å². The molecule has 2 aromatic carbocycles. The lowest BCUT2D eigenvalue weighted by Gasteiger charge is -2.12. The van der Waals surface area contributed by atoms with Crippen molar-refractivity contribution in [2.75, 3.05) is 0 Å². The van der Waals surface area contributed by atoms with E-state index in [0.29, 0.717) is 10.2 Å². The van der Waals surface area contributed by atoms with E-state index in [9.17, 15) is 0 Å². The molecule has 4 aromatic rings. The molecule has 0 aliphatic heterocycles. The van der Waals surface area contributed by atoms with Crippen LogP contribution in [0.3, 0.4) is 0 Å². The summed E-state index contributed by atoms with van der Waals surface area (Å²) in [6.45, 7) is 0. The number of pyridine rings is 2. The van der Waals surface area contributed by atoms with E-state index < -0.39 is 0 Å². The highest BCUT2D eigenvalue weighted by Crippen LogP contribution is 2.35. The van der Waals surface area contributed by atoms with Gasteiger partial charge in [0.1, 0.15) is 5.15 Å². The molecule has 0 atom stereocenters. The first-order valence-corrected chi connectivity index (χ1v) is 8.24. The highest BCUT2D eigenvalue weighted by Gasteiger charge is 2.13. The second-order valence-corrected chi connectivity index (χ2v) is 6.22. The van der Waals surface area contributed by atoms with Crippen molar-refractivity contribution >= 4 is 34.1 Å². The molecule has 2 heterocycles. The molecule has 0 unspecified atom stereocenters. The molecule has 0 saturated carbocycles. The summed E-state index contributed by atoms with van der Waals surface area (Å²) < 4.78 is 0. The molecule has 0 fully saturated rings. The van der Waals surface area contributed by atoms with E-state index in [2.05, 4.69) is 23.2 Å². The van der Waals surface area contributed by atoms with Crippen LogP contribution in [0, 0.1) is 0 Å². The molecular weight excluding hydrogens is 339 g/mol. The summed E-state index contributed by atoms with van der Waals surface area (Å²) in [6, 6.07) is 21.8. The van der Waals surface area contributed by atoms with E-state index in [1.165, 1.54) is 0 Å². The minimum absolute atomic E-state index is 0.458. The minimum atomic E-state index is 0.458. The molecule has 2 aromatic heterocycles. The molecule has 0 radical (unpaired) electrons. The summed E-state index contributed by atoms with van der Waals surface area (Å²) in [6.07, 6.45) is 1.67. The van der Waals surface area contributed by atoms with Gasteiger partial charge in [-0.2, -0.15) is 0 Å². The predicted octanol–water partition coefficient (Wildman–Crippen LogP) is 6.27. The first kappa shape index (κ1) is 15.1. The van der Waals surface area contributed by atoms with Gasteiger partial charge >= 0.3 is 0 Å². The quantitative estimate of drug-likeness (QED) is 0.398. The maximum Gasteiger partial charge on any atom is 0.138 e. The Balaban J connectivity index is 2.04. The molecule has 116 valence electrons. The van der Waals surface area contributed by atoms with Gasteiger partial charge in [-0.1, -0.05) is 65.7 Å². The molecule has 0 spiro atoms. The van der Waals surface area contributed by atoms with Crippen molar-refractivity contribution in [1.82, 2.24) is 9.97 Å². The molecule has 0 amide bonds. The average molecular weight is 351 g/mol. The van der Waals surface area contributed by atoms with Crippen LogP contribution in [-0.4, -0.2) is 9.97 Å². The lowest BCUT2D eigenvalue weighted by Crippen LogP contribution is -1.92. The fourth-order valence-corrected chi connectivity index (χ4v) is 3.06. The van der Waals surface area contributed by atoms with Crippen molar-refractivity contribution < 1.29 is 0 Å². The Hall–Kier alpha value is -2.42. The van der Waals surface area contributed by atoms with Crippen LogP contribution in [0.5, 0.6) is 0 Å². The summed E-state index contributed by atoms with van der Waals surface area (Å²) in [7, 11) is 0. The topological polar surface area (TPSA) is 25.8 Å². The first-order valence-electron chi connectivity index (χ1n) is 7.49. The van der Waals surface area contributed by atoms with E-state index >= 15 is 0 Å². The number of nitrogens with zero attached hydrogens (tertiary/aromatic N) is 2. The van der Waals surface area contributed by atoms with Gasteiger partial charge < -0.3 is 0 Å². The number of hydrogen-bond acceptors (Lipinski definition) is 2. The third-order valence-corrected chi connectivity index (χ3v) is 4.45. The number of hydrogen-bond donors (Lipinski definition) is 0. The third kappa shape index (κ3) is 2.75. The molecular formula is C20H12Cl2N2. The van der Waals surface area contributed by atoms with Gasteiger partial charge in [0.2, 0.25) is 0 Å². The van der Waals surface area contributed by atoms with Crippen LogP contribution in [0.4, 0.5) is 0 Å². The third-order valence-electron chi connectivity index (χ3n) is 3.90. The summed E-state index contributed by atoms with van der Waals surface area (Å²) in [5.74, 6) is 0. The van der Waals surface area contributed by atoms with Gasteiger partial charge in [0, 0.05) is 27.7 Å². The second kappa shape index (κ2) is 6.23.